The minimum atomic E-state index is 0.413. The number of H-pyrrole nitrogens is 1. The van der Waals surface area contributed by atoms with E-state index in [9.17, 15) is 0 Å². The standard InChI is InChI=1S/C12H16N4OS2/c1-17-11-9-10(13-6-14-11)16(12(18)15-9)7-4-3-5-8(7)19-2/h6-8H,3-5H2,1-2H3,(H,15,18). The van der Waals surface area contributed by atoms with Crippen molar-refractivity contribution in [2.75, 3.05) is 13.4 Å². The van der Waals surface area contributed by atoms with E-state index in [-0.39, 0.29) is 0 Å². The maximum atomic E-state index is 5.47. The SMILES string of the molecule is COc1ncnc2c1[nH]c(=S)n2C1CCCC1SC. The molecule has 2 unspecified atom stereocenters. The topological polar surface area (TPSA) is 55.7 Å². The molecule has 1 aliphatic carbocycles. The molecule has 0 radical (unpaired) electrons. The number of methoxy groups -OCH3 is 1. The van der Waals surface area contributed by atoms with Gasteiger partial charge in [0.1, 0.15) is 11.8 Å². The summed E-state index contributed by atoms with van der Waals surface area (Å²) in [5.74, 6) is 0.550. The van der Waals surface area contributed by atoms with Crippen molar-refractivity contribution in [2.45, 2.75) is 30.6 Å². The van der Waals surface area contributed by atoms with Crippen LogP contribution in [0.3, 0.4) is 0 Å². The number of hydrogen-bond acceptors (Lipinski definition) is 5. The zero-order valence-corrected chi connectivity index (χ0v) is 12.6. The molecule has 1 aliphatic rings. The summed E-state index contributed by atoms with van der Waals surface area (Å²) in [4.78, 5) is 11.7. The van der Waals surface area contributed by atoms with Gasteiger partial charge in [-0.3, -0.25) is 4.57 Å². The van der Waals surface area contributed by atoms with E-state index in [4.69, 9.17) is 17.0 Å². The van der Waals surface area contributed by atoms with Gasteiger partial charge < -0.3 is 9.72 Å². The van der Waals surface area contributed by atoms with Crippen LogP contribution in [0.4, 0.5) is 0 Å². The molecule has 0 bridgehead atoms. The summed E-state index contributed by atoms with van der Waals surface area (Å²) in [6, 6.07) is 0.413. The van der Waals surface area contributed by atoms with Gasteiger partial charge in [0.05, 0.1) is 7.11 Å². The van der Waals surface area contributed by atoms with Crippen LogP contribution in [0.15, 0.2) is 6.33 Å². The molecule has 1 fully saturated rings. The summed E-state index contributed by atoms with van der Waals surface area (Å²) in [7, 11) is 1.61. The molecular weight excluding hydrogens is 280 g/mol. The number of fused-ring (bicyclic) bond motifs is 1. The number of ether oxygens (including phenoxy) is 1. The highest BCUT2D eigenvalue weighted by Gasteiger charge is 2.30. The van der Waals surface area contributed by atoms with Gasteiger partial charge in [0, 0.05) is 11.3 Å². The molecule has 7 heteroatoms. The lowest BCUT2D eigenvalue weighted by Crippen LogP contribution is -2.16. The molecule has 0 spiro atoms. The fourth-order valence-electron chi connectivity index (χ4n) is 2.86. The summed E-state index contributed by atoms with van der Waals surface area (Å²) >= 11 is 7.38. The van der Waals surface area contributed by atoms with Crippen LogP contribution in [0.25, 0.3) is 11.2 Å². The number of nitrogens with one attached hydrogen (secondary N) is 1. The average molecular weight is 296 g/mol. The molecule has 2 aromatic rings. The number of aromatic amines is 1. The molecule has 1 saturated carbocycles. The van der Waals surface area contributed by atoms with Crippen LogP contribution >= 0.6 is 24.0 Å². The Bertz CT molecular complexity index is 651. The molecule has 1 N–H and O–H groups in total. The van der Waals surface area contributed by atoms with E-state index in [1.165, 1.54) is 19.2 Å². The van der Waals surface area contributed by atoms with Gasteiger partial charge in [-0.25, -0.2) is 4.98 Å². The van der Waals surface area contributed by atoms with Crippen LogP contribution in [0.1, 0.15) is 25.3 Å². The third kappa shape index (κ3) is 2.04. The summed E-state index contributed by atoms with van der Waals surface area (Å²) in [5.41, 5.74) is 1.64. The molecule has 2 atom stereocenters. The molecule has 102 valence electrons. The van der Waals surface area contributed by atoms with Gasteiger partial charge in [0.15, 0.2) is 10.4 Å². The highest BCUT2D eigenvalue weighted by Crippen LogP contribution is 2.39. The maximum absolute atomic E-state index is 5.47. The lowest BCUT2D eigenvalue weighted by atomic mass is 10.2. The van der Waals surface area contributed by atoms with Crippen LogP contribution in [-0.2, 0) is 0 Å². The quantitative estimate of drug-likeness (QED) is 0.883. The predicted octanol–water partition coefficient (Wildman–Crippen LogP) is 2.95. The zero-order valence-electron chi connectivity index (χ0n) is 10.9. The second-order valence-electron chi connectivity index (χ2n) is 4.65. The summed E-state index contributed by atoms with van der Waals surface area (Å²) in [5, 5.41) is 0.603. The van der Waals surface area contributed by atoms with Crippen molar-refractivity contribution in [1.82, 2.24) is 19.5 Å². The van der Waals surface area contributed by atoms with Crippen LogP contribution in [-0.4, -0.2) is 38.1 Å². The molecule has 19 heavy (non-hydrogen) atoms. The smallest absolute Gasteiger partial charge is 0.242 e. The second kappa shape index (κ2) is 5.13. The summed E-state index contributed by atoms with van der Waals surface area (Å²) in [6.07, 6.45) is 7.33. The molecule has 0 saturated heterocycles. The lowest BCUT2D eigenvalue weighted by Gasteiger charge is -2.19. The molecule has 0 amide bonds. The summed E-state index contributed by atoms with van der Waals surface area (Å²) < 4.78 is 8.11. The van der Waals surface area contributed by atoms with E-state index in [1.807, 2.05) is 11.8 Å². The Morgan fingerprint density at radius 2 is 2.32 bits per heavy atom. The average Bonchev–Trinajstić information content (AvgIpc) is 3.00. The van der Waals surface area contributed by atoms with Gasteiger partial charge in [-0.15, -0.1) is 0 Å². The van der Waals surface area contributed by atoms with Crippen LogP contribution in [0, 0.1) is 4.77 Å². The fourth-order valence-corrected chi connectivity index (χ4v) is 4.15. The first-order chi connectivity index (χ1) is 9.26. The Kier molecular flexibility index (Phi) is 3.49. The third-order valence-electron chi connectivity index (χ3n) is 3.72. The number of imidazole rings is 1. The Morgan fingerprint density at radius 3 is 3.05 bits per heavy atom. The molecule has 5 nitrogen and oxygen atoms in total. The minimum Gasteiger partial charge on any atom is -0.479 e. The Balaban J connectivity index is 2.18. The van der Waals surface area contributed by atoms with Crippen molar-refractivity contribution in [2.24, 2.45) is 0 Å². The van der Waals surface area contributed by atoms with E-state index in [2.05, 4.69) is 25.8 Å². The Hall–Kier alpha value is -1.08. The second-order valence-corrected chi connectivity index (χ2v) is 6.12. The van der Waals surface area contributed by atoms with Crippen LogP contribution in [0.5, 0.6) is 5.88 Å². The van der Waals surface area contributed by atoms with E-state index < -0.39 is 0 Å². The highest BCUT2D eigenvalue weighted by atomic mass is 32.2. The number of nitrogens with zero attached hydrogens (tertiary/aromatic N) is 3. The molecular formula is C12H16N4OS2. The van der Waals surface area contributed by atoms with Crippen molar-refractivity contribution in [3.8, 4) is 5.88 Å². The highest BCUT2D eigenvalue weighted by molar-refractivity contribution is 7.99. The van der Waals surface area contributed by atoms with Gasteiger partial charge in [-0.2, -0.15) is 16.7 Å². The van der Waals surface area contributed by atoms with Crippen molar-refractivity contribution in [1.29, 1.82) is 0 Å². The number of aromatic nitrogens is 4. The predicted molar refractivity (Wildman–Crippen MR) is 79.5 cm³/mol. The van der Waals surface area contributed by atoms with E-state index in [0.29, 0.717) is 21.9 Å². The molecule has 0 aliphatic heterocycles. The van der Waals surface area contributed by atoms with Gasteiger partial charge in [0.25, 0.3) is 0 Å². The number of rotatable bonds is 3. The minimum absolute atomic E-state index is 0.413. The lowest BCUT2D eigenvalue weighted by molar-refractivity contribution is 0.401. The third-order valence-corrected chi connectivity index (χ3v) is 5.17. The molecule has 0 aromatic carbocycles. The monoisotopic (exact) mass is 296 g/mol. The van der Waals surface area contributed by atoms with Crippen molar-refractivity contribution < 1.29 is 4.74 Å². The first kappa shape index (κ1) is 12.9. The van der Waals surface area contributed by atoms with Gasteiger partial charge in [0.2, 0.25) is 5.88 Å². The zero-order chi connectivity index (χ0) is 13.4. The van der Waals surface area contributed by atoms with E-state index >= 15 is 0 Å². The van der Waals surface area contributed by atoms with Crippen molar-refractivity contribution >= 4 is 35.1 Å². The number of thioether (sulfide) groups is 1. The first-order valence-corrected chi connectivity index (χ1v) is 7.98. The van der Waals surface area contributed by atoms with E-state index in [1.54, 1.807) is 7.11 Å². The first-order valence-electron chi connectivity index (χ1n) is 6.28. The summed E-state index contributed by atoms with van der Waals surface area (Å²) in [6.45, 7) is 0. The normalized spacial score (nSPS) is 23.1. The van der Waals surface area contributed by atoms with Gasteiger partial charge in [-0.05, 0) is 31.3 Å². The van der Waals surface area contributed by atoms with Gasteiger partial charge in [-0.1, -0.05) is 6.42 Å². The number of hydrogen-bond donors (Lipinski definition) is 1. The van der Waals surface area contributed by atoms with Crippen LogP contribution < -0.4 is 4.74 Å². The van der Waals surface area contributed by atoms with Crippen LogP contribution in [0.2, 0.25) is 0 Å². The Morgan fingerprint density at radius 1 is 1.47 bits per heavy atom. The molecule has 3 rings (SSSR count). The van der Waals surface area contributed by atoms with Crippen molar-refractivity contribution in [3.05, 3.63) is 11.1 Å². The van der Waals surface area contributed by atoms with E-state index in [0.717, 1.165) is 17.6 Å². The Labute approximate surface area is 120 Å². The molecule has 2 aromatic heterocycles. The maximum Gasteiger partial charge on any atom is 0.242 e. The molecule has 2 heterocycles. The fraction of sp³-hybridized carbons (Fsp3) is 0.583. The van der Waals surface area contributed by atoms with Crippen molar-refractivity contribution in [3.63, 3.8) is 0 Å². The largest absolute Gasteiger partial charge is 0.479 e. The van der Waals surface area contributed by atoms with Gasteiger partial charge >= 0.3 is 0 Å².